The van der Waals surface area contributed by atoms with E-state index >= 15 is 0 Å². The molecule has 0 unspecified atom stereocenters. The molecule has 0 aliphatic rings. The zero-order valence-electron chi connectivity index (χ0n) is 10.1. The van der Waals surface area contributed by atoms with E-state index in [1.165, 1.54) is 0 Å². The summed E-state index contributed by atoms with van der Waals surface area (Å²) < 4.78 is 63.9. The maximum atomic E-state index is 13.5. The fourth-order valence-electron chi connectivity index (χ4n) is 1.53. The van der Waals surface area contributed by atoms with Crippen LogP contribution in [0.3, 0.4) is 0 Å². The van der Waals surface area contributed by atoms with Crippen molar-refractivity contribution >= 4 is 11.6 Å². The van der Waals surface area contributed by atoms with Crippen molar-refractivity contribution in [3.8, 4) is 0 Å². The summed E-state index contributed by atoms with van der Waals surface area (Å²) in [7, 11) is 0. The Balaban J connectivity index is 3.14. The lowest BCUT2D eigenvalue weighted by Crippen LogP contribution is -2.36. The molecule has 9 heteroatoms. The molecule has 1 aromatic heterocycles. The molecule has 0 aliphatic heterocycles. The zero-order valence-corrected chi connectivity index (χ0v) is 10.1. The van der Waals surface area contributed by atoms with Crippen LogP contribution in [0.2, 0.25) is 0 Å². The highest BCUT2D eigenvalue weighted by molar-refractivity contribution is 5.48. The molecule has 19 heavy (non-hydrogen) atoms. The Labute approximate surface area is 106 Å². The first-order valence-corrected chi connectivity index (χ1v) is 5.42. The Kier molecular flexibility index (Phi) is 4.87. The number of rotatable bonds is 5. The molecule has 0 radical (unpaired) electrons. The minimum Gasteiger partial charge on any atom is -0.345 e. The lowest BCUT2D eigenvalue weighted by Gasteiger charge is -2.25. The van der Waals surface area contributed by atoms with Gasteiger partial charge in [0, 0.05) is 12.6 Å². The van der Waals surface area contributed by atoms with Crippen molar-refractivity contribution in [3.05, 3.63) is 17.7 Å². The third-order valence-corrected chi connectivity index (χ3v) is 2.21. The van der Waals surface area contributed by atoms with Crippen molar-refractivity contribution in [2.45, 2.75) is 19.5 Å². The SMILES string of the molecule is CCCN(CC(F)(F)F)c1nc(NN)c(F)cc1F. The molecule has 0 fully saturated rings. The van der Waals surface area contributed by atoms with Crippen LogP contribution in [-0.4, -0.2) is 24.2 Å². The van der Waals surface area contributed by atoms with Crippen molar-refractivity contribution in [3.63, 3.8) is 0 Å². The second kappa shape index (κ2) is 6.00. The first-order chi connectivity index (χ1) is 8.78. The highest BCUT2D eigenvalue weighted by Crippen LogP contribution is 2.25. The quantitative estimate of drug-likeness (QED) is 0.495. The van der Waals surface area contributed by atoms with E-state index in [-0.39, 0.29) is 6.54 Å². The van der Waals surface area contributed by atoms with Gasteiger partial charge in [-0.25, -0.2) is 19.6 Å². The van der Waals surface area contributed by atoms with Crippen LogP contribution in [0, 0.1) is 11.6 Å². The Morgan fingerprint density at radius 1 is 1.32 bits per heavy atom. The van der Waals surface area contributed by atoms with Gasteiger partial charge in [0.1, 0.15) is 6.54 Å². The highest BCUT2D eigenvalue weighted by atomic mass is 19.4. The Bertz CT molecular complexity index is 435. The first kappa shape index (κ1) is 15.4. The van der Waals surface area contributed by atoms with E-state index in [1.807, 2.05) is 5.43 Å². The molecule has 0 aromatic carbocycles. The second-order valence-corrected chi connectivity index (χ2v) is 3.81. The number of aromatic nitrogens is 1. The number of anilines is 2. The van der Waals surface area contributed by atoms with E-state index in [0.717, 1.165) is 0 Å². The minimum absolute atomic E-state index is 0.0704. The lowest BCUT2D eigenvalue weighted by molar-refractivity contribution is -0.119. The summed E-state index contributed by atoms with van der Waals surface area (Å²) >= 11 is 0. The number of hydrogen-bond donors (Lipinski definition) is 2. The smallest absolute Gasteiger partial charge is 0.345 e. The maximum Gasteiger partial charge on any atom is 0.405 e. The normalized spacial score (nSPS) is 11.5. The number of nitrogens with one attached hydrogen (secondary N) is 1. The number of hydrazine groups is 1. The van der Waals surface area contributed by atoms with Crippen LogP contribution in [0.5, 0.6) is 0 Å². The van der Waals surface area contributed by atoms with E-state index in [2.05, 4.69) is 4.98 Å². The number of nitrogens with two attached hydrogens (primary N) is 1. The summed E-state index contributed by atoms with van der Waals surface area (Å²) in [6.45, 7) is 0.187. The van der Waals surface area contributed by atoms with E-state index in [4.69, 9.17) is 5.84 Å². The average Bonchev–Trinajstić information content (AvgIpc) is 2.27. The first-order valence-electron chi connectivity index (χ1n) is 5.42. The number of nitrogens with zero attached hydrogens (tertiary/aromatic N) is 2. The topological polar surface area (TPSA) is 54.2 Å². The molecule has 1 aromatic rings. The van der Waals surface area contributed by atoms with E-state index in [0.29, 0.717) is 17.4 Å². The second-order valence-electron chi connectivity index (χ2n) is 3.81. The summed E-state index contributed by atoms with van der Waals surface area (Å²) in [5.74, 6) is 1.60. The van der Waals surface area contributed by atoms with Crippen molar-refractivity contribution in [1.82, 2.24) is 4.98 Å². The summed E-state index contributed by atoms with van der Waals surface area (Å²) in [6.07, 6.45) is -4.17. The van der Waals surface area contributed by atoms with Gasteiger partial charge in [0.05, 0.1) is 0 Å². The predicted octanol–water partition coefficient (Wildman–Crippen LogP) is 2.42. The van der Waals surface area contributed by atoms with E-state index in [9.17, 15) is 22.0 Å². The van der Waals surface area contributed by atoms with Gasteiger partial charge in [-0.3, -0.25) is 0 Å². The van der Waals surface area contributed by atoms with E-state index in [1.54, 1.807) is 6.92 Å². The molecule has 0 amide bonds. The Morgan fingerprint density at radius 2 is 1.95 bits per heavy atom. The lowest BCUT2D eigenvalue weighted by atomic mass is 10.3. The summed E-state index contributed by atoms with van der Waals surface area (Å²) in [6, 6.07) is 0.441. The fraction of sp³-hybridized carbons (Fsp3) is 0.500. The predicted molar refractivity (Wildman–Crippen MR) is 60.5 cm³/mol. The van der Waals surface area contributed by atoms with Gasteiger partial charge in [0.2, 0.25) is 0 Å². The molecule has 0 atom stereocenters. The molecule has 3 N–H and O–H groups in total. The molecule has 0 saturated heterocycles. The molecule has 0 spiro atoms. The summed E-state index contributed by atoms with van der Waals surface area (Å²) in [5, 5.41) is 0. The van der Waals surface area contributed by atoms with Crippen molar-refractivity contribution in [2.75, 3.05) is 23.4 Å². The largest absolute Gasteiger partial charge is 0.405 e. The van der Waals surface area contributed by atoms with Crippen molar-refractivity contribution < 1.29 is 22.0 Å². The van der Waals surface area contributed by atoms with Crippen LogP contribution < -0.4 is 16.2 Å². The van der Waals surface area contributed by atoms with Gasteiger partial charge in [0.15, 0.2) is 23.3 Å². The van der Waals surface area contributed by atoms with Gasteiger partial charge in [0.25, 0.3) is 0 Å². The van der Waals surface area contributed by atoms with E-state index < -0.39 is 36.0 Å². The van der Waals surface area contributed by atoms with Crippen LogP contribution in [0.1, 0.15) is 13.3 Å². The molecule has 0 bridgehead atoms. The van der Waals surface area contributed by atoms with Crippen LogP contribution in [0.25, 0.3) is 0 Å². The van der Waals surface area contributed by atoms with Crippen molar-refractivity contribution in [1.29, 1.82) is 0 Å². The number of alkyl halides is 3. The van der Waals surface area contributed by atoms with Gasteiger partial charge < -0.3 is 10.3 Å². The van der Waals surface area contributed by atoms with Crippen LogP contribution >= 0.6 is 0 Å². The van der Waals surface area contributed by atoms with Gasteiger partial charge in [-0.15, -0.1) is 0 Å². The third kappa shape index (κ3) is 4.19. The Hall–Kier alpha value is -1.64. The molecular formula is C10H13F5N4. The molecular weight excluding hydrogens is 271 g/mol. The molecule has 1 rings (SSSR count). The molecule has 0 aliphatic carbocycles. The fourth-order valence-corrected chi connectivity index (χ4v) is 1.53. The molecule has 1 heterocycles. The van der Waals surface area contributed by atoms with Gasteiger partial charge in [-0.1, -0.05) is 6.92 Å². The summed E-state index contributed by atoms with van der Waals surface area (Å²) in [5.41, 5.74) is 1.86. The molecule has 108 valence electrons. The highest BCUT2D eigenvalue weighted by Gasteiger charge is 2.32. The average molecular weight is 284 g/mol. The number of halogens is 5. The zero-order chi connectivity index (χ0) is 14.6. The van der Waals surface area contributed by atoms with Gasteiger partial charge in [-0.2, -0.15) is 13.2 Å². The number of hydrogen-bond acceptors (Lipinski definition) is 4. The summed E-state index contributed by atoms with van der Waals surface area (Å²) in [4.78, 5) is 4.12. The molecule has 4 nitrogen and oxygen atoms in total. The third-order valence-electron chi connectivity index (χ3n) is 2.21. The monoisotopic (exact) mass is 284 g/mol. The number of pyridine rings is 1. The van der Waals surface area contributed by atoms with Crippen molar-refractivity contribution in [2.24, 2.45) is 5.84 Å². The number of nitrogen functional groups attached to an aromatic ring is 1. The molecule has 0 saturated carbocycles. The maximum absolute atomic E-state index is 13.5. The van der Waals surface area contributed by atoms with Gasteiger partial charge in [-0.05, 0) is 6.42 Å². The van der Waals surface area contributed by atoms with Crippen LogP contribution in [-0.2, 0) is 0 Å². The minimum atomic E-state index is -4.52. The van der Waals surface area contributed by atoms with Crippen LogP contribution in [0.4, 0.5) is 33.6 Å². The van der Waals surface area contributed by atoms with Gasteiger partial charge >= 0.3 is 6.18 Å². The van der Waals surface area contributed by atoms with Crippen LogP contribution in [0.15, 0.2) is 6.07 Å². The standard InChI is InChI=1S/C10H13F5N4/c1-2-3-19(5-10(13,14)15)9-7(12)4-6(11)8(17-9)18-16/h4H,2-3,5,16H2,1H3,(H,17,18). The Morgan fingerprint density at radius 3 is 2.42 bits per heavy atom.